The smallest absolute Gasteiger partial charge is 0.307 e. The van der Waals surface area contributed by atoms with E-state index in [2.05, 4.69) is 0 Å². The molecule has 1 N–H and O–H groups in total. The maximum Gasteiger partial charge on any atom is 0.307 e. The van der Waals surface area contributed by atoms with Crippen molar-refractivity contribution in [3.8, 4) is 0 Å². The summed E-state index contributed by atoms with van der Waals surface area (Å²) >= 11 is 0. The minimum atomic E-state index is -0.781. The lowest BCUT2D eigenvalue weighted by molar-refractivity contribution is -0.141. The molecular formula is C11H22N2O3. The number of carboxylic acid groups (broad SMARTS) is 1. The molecule has 5 nitrogen and oxygen atoms in total. The average Bonchev–Trinajstić information content (AvgIpc) is 2.16. The third kappa shape index (κ3) is 6.40. The Morgan fingerprint density at radius 3 is 2.25 bits per heavy atom. The molecule has 0 aromatic rings. The molecule has 0 spiro atoms. The van der Waals surface area contributed by atoms with Crippen LogP contribution < -0.4 is 0 Å². The predicted octanol–water partition coefficient (Wildman–Crippen LogP) is 0.507. The van der Waals surface area contributed by atoms with E-state index in [-0.39, 0.29) is 11.8 Å². The Morgan fingerprint density at radius 2 is 1.81 bits per heavy atom. The van der Waals surface area contributed by atoms with E-state index in [1.54, 1.807) is 25.9 Å². The molecule has 1 unspecified atom stereocenters. The summed E-state index contributed by atoms with van der Waals surface area (Å²) < 4.78 is 0. The van der Waals surface area contributed by atoms with Gasteiger partial charge in [0.05, 0.1) is 5.92 Å². The summed E-state index contributed by atoms with van der Waals surface area (Å²) in [7, 11) is 5.34. The van der Waals surface area contributed by atoms with Gasteiger partial charge in [0.25, 0.3) is 0 Å². The highest BCUT2D eigenvalue weighted by atomic mass is 16.4. The fourth-order valence-corrected chi connectivity index (χ4v) is 1.36. The van der Waals surface area contributed by atoms with Crippen LogP contribution in [0.2, 0.25) is 0 Å². The van der Waals surface area contributed by atoms with Gasteiger partial charge in [-0.05, 0) is 20.0 Å². The van der Waals surface area contributed by atoms with Crippen molar-refractivity contribution in [2.75, 3.05) is 34.2 Å². The zero-order chi connectivity index (χ0) is 12.7. The molecule has 0 fully saturated rings. The summed E-state index contributed by atoms with van der Waals surface area (Å²) in [4.78, 5) is 25.4. The maximum atomic E-state index is 11.3. The van der Waals surface area contributed by atoms with Crippen LogP contribution in [0.5, 0.6) is 0 Å². The lowest BCUT2D eigenvalue weighted by atomic mass is 10.1. The van der Waals surface area contributed by atoms with Crippen LogP contribution in [0.3, 0.4) is 0 Å². The van der Waals surface area contributed by atoms with E-state index >= 15 is 0 Å². The van der Waals surface area contributed by atoms with Crippen molar-refractivity contribution in [1.82, 2.24) is 9.80 Å². The van der Waals surface area contributed by atoms with Gasteiger partial charge in [-0.15, -0.1) is 0 Å². The Balaban J connectivity index is 3.70. The Bertz CT molecular complexity index is 241. The van der Waals surface area contributed by atoms with Crippen LogP contribution in [-0.4, -0.2) is 61.0 Å². The first-order valence-electron chi connectivity index (χ1n) is 5.46. The number of carbonyl (C=O) groups is 2. The molecule has 0 aliphatic rings. The van der Waals surface area contributed by atoms with E-state index in [0.29, 0.717) is 13.0 Å². The second kappa shape index (κ2) is 7.22. The van der Waals surface area contributed by atoms with E-state index in [0.717, 1.165) is 13.0 Å². The largest absolute Gasteiger partial charge is 0.481 e. The molecule has 16 heavy (non-hydrogen) atoms. The zero-order valence-electron chi connectivity index (χ0n) is 10.6. The number of hydrogen-bond acceptors (Lipinski definition) is 3. The van der Waals surface area contributed by atoms with Gasteiger partial charge in [-0.25, -0.2) is 0 Å². The molecular weight excluding hydrogens is 208 g/mol. The van der Waals surface area contributed by atoms with Gasteiger partial charge in [-0.2, -0.15) is 0 Å². The van der Waals surface area contributed by atoms with Gasteiger partial charge in [0.1, 0.15) is 0 Å². The van der Waals surface area contributed by atoms with Crippen molar-refractivity contribution in [3.05, 3.63) is 0 Å². The van der Waals surface area contributed by atoms with Crippen LogP contribution >= 0.6 is 0 Å². The molecule has 1 amide bonds. The summed E-state index contributed by atoms with van der Waals surface area (Å²) in [5.41, 5.74) is 0. The van der Waals surface area contributed by atoms with Gasteiger partial charge in [0, 0.05) is 27.1 Å². The predicted molar refractivity (Wildman–Crippen MR) is 62.2 cm³/mol. The van der Waals surface area contributed by atoms with E-state index in [1.165, 1.54) is 0 Å². The Hall–Kier alpha value is -1.10. The van der Waals surface area contributed by atoms with Crippen LogP contribution in [0.1, 0.15) is 19.8 Å². The van der Waals surface area contributed by atoms with Crippen LogP contribution in [-0.2, 0) is 9.59 Å². The number of carboxylic acids is 1. The molecule has 0 rings (SSSR count). The Morgan fingerprint density at radius 1 is 1.25 bits per heavy atom. The van der Waals surface area contributed by atoms with Crippen LogP contribution in [0.15, 0.2) is 0 Å². The molecule has 0 aliphatic carbocycles. The molecule has 0 bridgehead atoms. The number of rotatable bonds is 7. The SMILES string of the molecule is CC(CN(C)CCCC(=O)N(C)C)C(=O)O. The van der Waals surface area contributed by atoms with E-state index < -0.39 is 5.97 Å². The van der Waals surface area contributed by atoms with Crippen LogP contribution in [0.4, 0.5) is 0 Å². The first kappa shape index (κ1) is 14.9. The fourth-order valence-electron chi connectivity index (χ4n) is 1.36. The molecule has 94 valence electrons. The molecule has 5 heteroatoms. The van der Waals surface area contributed by atoms with Gasteiger partial charge in [-0.3, -0.25) is 9.59 Å². The van der Waals surface area contributed by atoms with Crippen molar-refractivity contribution in [2.45, 2.75) is 19.8 Å². The normalized spacial score (nSPS) is 12.6. The van der Waals surface area contributed by atoms with E-state index in [4.69, 9.17) is 5.11 Å². The second-order valence-corrected chi connectivity index (χ2v) is 4.39. The third-order valence-electron chi connectivity index (χ3n) is 2.44. The quantitative estimate of drug-likeness (QED) is 0.692. The Labute approximate surface area is 97.0 Å². The topological polar surface area (TPSA) is 60.9 Å². The van der Waals surface area contributed by atoms with Crippen molar-refractivity contribution >= 4 is 11.9 Å². The fraction of sp³-hybridized carbons (Fsp3) is 0.818. The van der Waals surface area contributed by atoms with Gasteiger partial charge < -0.3 is 14.9 Å². The van der Waals surface area contributed by atoms with Gasteiger partial charge in [-0.1, -0.05) is 6.92 Å². The number of carbonyl (C=O) groups excluding carboxylic acids is 1. The Kier molecular flexibility index (Phi) is 6.72. The van der Waals surface area contributed by atoms with Gasteiger partial charge >= 0.3 is 5.97 Å². The molecule has 0 saturated carbocycles. The van der Waals surface area contributed by atoms with Crippen molar-refractivity contribution in [2.24, 2.45) is 5.92 Å². The summed E-state index contributed by atoms with van der Waals surface area (Å²) in [5, 5.41) is 8.73. The van der Waals surface area contributed by atoms with Crippen molar-refractivity contribution in [3.63, 3.8) is 0 Å². The highest BCUT2D eigenvalue weighted by Crippen LogP contribution is 2.01. The minimum Gasteiger partial charge on any atom is -0.481 e. The summed E-state index contributed by atoms with van der Waals surface area (Å²) in [6.07, 6.45) is 1.28. The molecule has 0 saturated heterocycles. The third-order valence-corrected chi connectivity index (χ3v) is 2.44. The summed E-state index contributed by atoms with van der Waals surface area (Å²) in [6, 6.07) is 0. The highest BCUT2D eigenvalue weighted by molar-refractivity contribution is 5.75. The molecule has 0 aliphatic heterocycles. The second-order valence-electron chi connectivity index (χ2n) is 4.39. The molecule has 0 heterocycles. The van der Waals surface area contributed by atoms with Crippen molar-refractivity contribution < 1.29 is 14.7 Å². The van der Waals surface area contributed by atoms with E-state index in [9.17, 15) is 9.59 Å². The number of aliphatic carboxylic acids is 1. The zero-order valence-corrected chi connectivity index (χ0v) is 10.6. The lowest BCUT2D eigenvalue weighted by Gasteiger charge is -2.19. The summed E-state index contributed by atoms with van der Waals surface area (Å²) in [6.45, 7) is 2.95. The average molecular weight is 230 g/mol. The first-order chi connectivity index (χ1) is 7.34. The summed E-state index contributed by atoms with van der Waals surface area (Å²) in [5.74, 6) is -1.04. The van der Waals surface area contributed by atoms with Crippen LogP contribution in [0.25, 0.3) is 0 Å². The standard InChI is InChI=1S/C11H22N2O3/c1-9(11(15)16)8-13(4)7-5-6-10(14)12(2)3/h9H,5-8H2,1-4H3,(H,15,16). The highest BCUT2D eigenvalue weighted by Gasteiger charge is 2.13. The maximum absolute atomic E-state index is 11.3. The first-order valence-corrected chi connectivity index (χ1v) is 5.46. The van der Waals surface area contributed by atoms with Gasteiger partial charge in [0.2, 0.25) is 5.91 Å². The number of nitrogens with zero attached hydrogens (tertiary/aromatic N) is 2. The van der Waals surface area contributed by atoms with Crippen molar-refractivity contribution in [1.29, 1.82) is 0 Å². The molecule has 0 radical (unpaired) electrons. The number of amides is 1. The number of hydrogen-bond donors (Lipinski definition) is 1. The monoisotopic (exact) mass is 230 g/mol. The molecule has 1 atom stereocenters. The molecule has 0 aromatic heterocycles. The van der Waals surface area contributed by atoms with Crippen LogP contribution in [0, 0.1) is 5.92 Å². The minimum absolute atomic E-state index is 0.111. The van der Waals surface area contributed by atoms with Gasteiger partial charge in [0.15, 0.2) is 0 Å². The van der Waals surface area contributed by atoms with E-state index in [1.807, 2.05) is 11.9 Å². The lowest BCUT2D eigenvalue weighted by Crippen LogP contribution is -2.30. The molecule has 0 aromatic carbocycles.